The molecule has 5 heteroatoms. The fourth-order valence-electron chi connectivity index (χ4n) is 4.46. The zero-order valence-corrected chi connectivity index (χ0v) is 21.4. The number of ether oxygens (including phenoxy) is 1. The Bertz CT molecular complexity index is 1060. The van der Waals surface area contributed by atoms with Crippen molar-refractivity contribution in [1.29, 1.82) is 0 Å². The van der Waals surface area contributed by atoms with E-state index in [1.165, 1.54) is 0 Å². The van der Waals surface area contributed by atoms with E-state index in [1.54, 1.807) is 7.11 Å². The first-order chi connectivity index (χ1) is 15.9. The molecule has 0 saturated carbocycles. The number of unbranched alkanes of at least 4 members (excludes halogenated alkanes) is 2. The van der Waals surface area contributed by atoms with E-state index in [2.05, 4.69) is 44.7 Å². The molecule has 0 amide bonds. The van der Waals surface area contributed by atoms with Gasteiger partial charge in [-0.2, -0.15) is 0 Å². The molecule has 4 nitrogen and oxygen atoms in total. The highest BCUT2D eigenvalue weighted by Gasteiger charge is 2.25. The first-order valence-electron chi connectivity index (χ1n) is 12.0. The number of hydrogen-bond donors (Lipinski definition) is 1. The van der Waals surface area contributed by atoms with Crippen LogP contribution in [0.4, 0.5) is 0 Å². The van der Waals surface area contributed by atoms with Crippen molar-refractivity contribution in [3.05, 3.63) is 58.1 Å². The van der Waals surface area contributed by atoms with Gasteiger partial charge in [0.15, 0.2) is 5.75 Å². The molecule has 0 aliphatic carbocycles. The van der Waals surface area contributed by atoms with Crippen LogP contribution in [0.3, 0.4) is 0 Å². The van der Waals surface area contributed by atoms with Crippen LogP contribution in [0, 0.1) is 13.8 Å². The van der Waals surface area contributed by atoms with Crippen molar-refractivity contribution < 1.29 is 9.84 Å². The molecule has 178 valence electrons. The zero-order chi connectivity index (χ0) is 24.0. The van der Waals surface area contributed by atoms with Crippen molar-refractivity contribution in [3.8, 4) is 17.0 Å². The summed E-state index contributed by atoms with van der Waals surface area (Å²) in [5.74, 6) is 0.633. The third-order valence-electron chi connectivity index (χ3n) is 6.16. The van der Waals surface area contributed by atoms with Crippen LogP contribution in [0.25, 0.3) is 22.2 Å². The van der Waals surface area contributed by atoms with E-state index in [9.17, 15) is 5.11 Å². The molecule has 1 N–H and O–H groups in total. The number of fused-ring (bicyclic) bond motifs is 1. The van der Waals surface area contributed by atoms with Crippen LogP contribution in [0.2, 0.25) is 5.02 Å². The predicted octanol–water partition coefficient (Wildman–Crippen LogP) is 7.12. The number of methoxy groups -OCH3 is 1. The summed E-state index contributed by atoms with van der Waals surface area (Å²) >= 11 is 6.14. The lowest BCUT2D eigenvalue weighted by atomic mass is 9.95. The third-order valence-corrected chi connectivity index (χ3v) is 6.41. The maximum absolute atomic E-state index is 11.6. The third kappa shape index (κ3) is 6.06. The summed E-state index contributed by atoms with van der Waals surface area (Å²) in [5, 5.41) is 13.3. The Morgan fingerprint density at radius 2 is 1.67 bits per heavy atom. The van der Waals surface area contributed by atoms with Gasteiger partial charge in [0, 0.05) is 28.1 Å². The fraction of sp³-hybridized carbons (Fsp3) is 0.464. The Morgan fingerprint density at radius 1 is 1.03 bits per heavy atom. The molecular formula is C28H37ClN2O2. The van der Waals surface area contributed by atoms with Gasteiger partial charge in [-0.15, -0.1) is 0 Å². The first-order valence-corrected chi connectivity index (χ1v) is 12.4. The van der Waals surface area contributed by atoms with Gasteiger partial charge in [-0.3, -0.25) is 0 Å². The van der Waals surface area contributed by atoms with Crippen LogP contribution in [0.1, 0.15) is 62.3 Å². The largest absolute Gasteiger partial charge is 0.494 e. The smallest absolute Gasteiger partial charge is 0.151 e. The molecule has 0 spiro atoms. The maximum atomic E-state index is 11.6. The molecule has 2 aromatic carbocycles. The van der Waals surface area contributed by atoms with E-state index in [0.29, 0.717) is 17.3 Å². The van der Waals surface area contributed by atoms with Crippen molar-refractivity contribution >= 4 is 22.5 Å². The van der Waals surface area contributed by atoms with Gasteiger partial charge in [-0.05, 0) is 63.5 Å². The Hall–Kier alpha value is -2.14. The summed E-state index contributed by atoms with van der Waals surface area (Å²) in [5.41, 5.74) is 5.60. The topological polar surface area (TPSA) is 45.6 Å². The summed E-state index contributed by atoms with van der Waals surface area (Å²) in [6, 6.07) is 11.9. The highest BCUT2D eigenvalue weighted by Crippen LogP contribution is 2.41. The molecule has 3 rings (SSSR count). The molecule has 0 radical (unpaired) electrons. The van der Waals surface area contributed by atoms with Gasteiger partial charge in [0.05, 0.1) is 18.7 Å². The predicted molar refractivity (Wildman–Crippen MR) is 139 cm³/mol. The van der Waals surface area contributed by atoms with Crippen LogP contribution < -0.4 is 4.74 Å². The Morgan fingerprint density at radius 3 is 2.24 bits per heavy atom. The molecule has 1 aromatic heterocycles. The average Bonchev–Trinajstić information content (AvgIpc) is 2.80. The first kappa shape index (κ1) is 25.5. The molecule has 3 aromatic rings. The monoisotopic (exact) mass is 468 g/mol. The van der Waals surface area contributed by atoms with E-state index < -0.39 is 6.10 Å². The minimum atomic E-state index is -0.689. The second-order valence-corrected chi connectivity index (χ2v) is 9.35. The van der Waals surface area contributed by atoms with Crippen molar-refractivity contribution in [3.63, 3.8) is 0 Å². The number of benzene rings is 2. The molecule has 1 atom stereocenters. The van der Waals surface area contributed by atoms with Gasteiger partial charge in [0.1, 0.15) is 5.69 Å². The van der Waals surface area contributed by atoms with Gasteiger partial charge in [-0.1, -0.05) is 62.1 Å². The van der Waals surface area contributed by atoms with Gasteiger partial charge in [0.25, 0.3) is 0 Å². The number of aromatic nitrogens is 1. The van der Waals surface area contributed by atoms with Crippen LogP contribution >= 0.6 is 11.6 Å². The Kier molecular flexibility index (Phi) is 9.13. The van der Waals surface area contributed by atoms with E-state index in [1.807, 2.05) is 24.3 Å². The number of aliphatic hydroxyl groups excluding tert-OH is 1. The number of nitrogens with zero attached hydrogens (tertiary/aromatic N) is 2. The number of pyridine rings is 1. The number of rotatable bonds is 11. The molecule has 33 heavy (non-hydrogen) atoms. The second-order valence-electron chi connectivity index (χ2n) is 8.92. The number of aliphatic hydroxyl groups is 1. The number of hydrogen-bond acceptors (Lipinski definition) is 4. The summed E-state index contributed by atoms with van der Waals surface area (Å²) in [7, 11) is 1.66. The minimum Gasteiger partial charge on any atom is -0.494 e. The quantitative estimate of drug-likeness (QED) is 0.325. The molecule has 0 aliphatic heterocycles. The molecule has 0 fully saturated rings. The van der Waals surface area contributed by atoms with E-state index >= 15 is 0 Å². The Balaban J connectivity index is 2.17. The lowest BCUT2D eigenvalue weighted by molar-refractivity contribution is 0.110. The van der Waals surface area contributed by atoms with E-state index in [0.717, 1.165) is 77.6 Å². The summed E-state index contributed by atoms with van der Waals surface area (Å²) in [6.45, 7) is 11.1. The minimum absolute atomic E-state index is 0.572. The van der Waals surface area contributed by atoms with Gasteiger partial charge < -0.3 is 14.7 Å². The fourth-order valence-corrected chi connectivity index (χ4v) is 4.59. The van der Waals surface area contributed by atoms with Crippen molar-refractivity contribution in [2.45, 2.75) is 59.5 Å². The number of halogens is 1. The molecule has 0 saturated heterocycles. The zero-order valence-electron chi connectivity index (χ0n) is 20.6. The SMILES string of the molecule is CCCCN(CCCC)CC(O)c1c(OC)c(-c2ccc(Cl)cc2)nc2c(C)cc(C)cc12. The average molecular weight is 469 g/mol. The molecule has 1 unspecified atom stereocenters. The van der Waals surface area contributed by atoms with Crippen molar-refractivity contribution in [1.82, 2.24) is 9.88 Å². The van der Waals surface area contributed by atoms with Gasteiger partial charge >= 0.3 is 0 Å². The lowest BCUT2D eigenvalue weighted by Crippen LogP contribution is -2.31. The van der Waals surface area contributed by atoms with Gasteiger partial charge in [0.2, 0.25) is 0 Å². The summed E-state index contributed by atoms with van der Waals surface area (Å²) in [6.07, 6.45) is 3.84. The summed E-state index contributed by atoms with van der Waals surface area (Å²) in [4.78, 5) is 7.40. The Labute approximate surface area is 203 Å². The molecule has 0 bridgehead atoms. The number of aryl methyl sites for hydroxylation is 2. The second kappa shape index (κ2) is 11.8. The highest BCUT2D eigenvalue weighted by atomic mass is 35.5. The van der Waals surface area contributed by atoms with E-state index in [4.69, 9.17) is 21.3 Å². The molecular weight excluding hydrogens is 432 g/mol. The van der Waals surface area contributed by atoms with Crippen molar-refractivity contribution in [2.24, 2.45) is 0 Å². The molecule has 1 heterocycles. The van der Waals surface area contributed by atoms with E-state index in [-0.39, 0.29) is 0 Å². The lowest BCUT2D eigenvalue weighted by Gasteiger charge is -2.27. The van der Waals surface area contributed by atoms with Crippen LogP contribution in [-0.4, -0.2) is 41.7 Å². The highest BCUT2D eigenvalue weighted by molar-refractivity contribution is 6.30. The van der Waals surface area contributed by atoms with Crippen LogP contribution in [-0.2, 0) is 0 Å². The summed E-state index contributed by atoms with van der Waals surface area (Å²) < 4.78 is 5.94. The van der Waals surface area contributed by atoms with Gasteiger partial charge in [-0.25, -0.2) is 4.98 Å². The maximum Gasteiger partial charge on any atom is 0.151 e. The van der Waals surface area contributed by atoms with Crippen LogP contribution in [0.15, 0.2) is 36.4 Å². The van der Waals surface area contributed by atoms with Crippen molar-refractivity contribution in [2.75, 3.05) is 26.7 Å². The normalized spacial score (nSPS) is 12.5. The standard InChI is InChI=1S/C28H37ClN2O2/c1-6-8-14-31(15-9-7-2)18-24(32)25-23-17-19(3)16-20(4)26(23)30-27(28(25)33-5)21-10-12-22(29)13-11-21/h10-13,16-17,24,32H,6-9,14-15,18H2,1-5H3. The molecule has 0 aliphatic rings. The van der Waals surface area contributed by atoms with Crippen LogP contribution in [0.5, 0.6) is 5.75 Å².